The van der Waals surface area contributed by atoms with Crippen LogP contribution in [0.25, 0.3) is 0 Å². The number of hydrogen-bond acceptors (Lipinski definition) is 3. The molecule has 0 aromatic carbocycles. The second-order valence-corrected chi connectivity index (χ2v) is 10.8. The second kappa shape index (κ2) is 11.5. The van der Waals surface area contributed by atoms with E-state index in [4.69, 9.17) is 9.84 Å². The summed E-state index contributed by atoms with van der Waals surface area (Å²) in [5.74, 6) is 1.46. The Hall–Kier alpha value is -0.680. The zero-order valence-corrected chi connectivity index (χ0v) is 18.0. The molecule has 2 heterocycles. The van der Waals surface area contributed by atoms with Gasteiger partial charge in [0, 0.05) is 28.2 Å². The maximum absolute atomic E-state index is 12.5. The van der Waals surface area contributed by atoms with E-state index in [2.05, 4.69) is 12.2 Å². The summed E-state index contributed by atoms with van der Waals surface area (Å²) in [5, 5.41) is 9.17. The number of allylic oxidation sites excluding steroid dienone is 2. The quantitative estimate of drug-likeness (QED) is 0.353. The normalized spacial score (nSPS) is 31.6. The fourth-order valence-corrected chi connectivity index (χ4v) is 7.14. The monoisotopic (exact) mass is 410 g/mol. The Labute approximate surface area is 173 Å². The zero-order valence-electron chi connectivity index (χ0n) is 17.2. The number of rotatable bonds is 12. The lowest BCUT2D eigenvalue weighted by molar-refractivity contribution is -0.137. The van der Waals surface area contributed by atoms with Crippen LogP contribution in [0.2, 0.25) is 0 Å². The predicted molar refractivity (Wildman–Crippen MR) is 114 cm³/mol. The van der Waals surface area contributed by atoms with E-state index < -0.39 is 16.8 Å². The Balaban J connectivity index is 1.35. The lowest BCUT2D eigenvalue weighted by atomic mass is 9.75. The highest BCUT2D eigenvalue weighted by Gasteiger charge is 2.47. The van der Waals surface area contributed by atoms with Crippen LogP contribution in [0.1, 0.15) is 89.9 Å². The molecule has 160 valence electrons. The van der Waals surface area contributed by atoms with Gasteiger partial charge >= 0.3 is 5.97 Å². The average Bonchev–Trinajstić information content (AvgIpc) is 3.30. The molecular weight excluding hydrogens is 372 g/mol. The largest absolute Gasteiger partial charge is 0.481 e. The van der Waals surface area contributed by atoms with Crippen LogP contribution in [-0.2, 0) is 20.3 Å². The van der Waals surface area contributed by atoms with Crippen molar-refractivity contribution in [1.82, 2.24) is 0 Å². The van der Waals surface area contributed by atoms with Gasteiger partial charge in [0.2, 0.25) is 0 Å². The van der Waals surface area contributed by atoms with Crippen molar-refractivity contribution >= 4 is 16.8 Å². The van der Waals surface area contributed by atoms with E-state index in [0.717, 1.165) is 31.4 Å². The van der Waals surface area contributed by atoms with Crippen LogP contribution in [0.5, 0.6) is 0 Å². The first kappa shape index (κ1) is 22.0. The molecule has 28 heavy (non-hydrogen) atoms. The molecule has 0 amide bonds. The van der Waals surface area contributed by atoms with Gasteiger partial charge in [0.25, 0.3) is 0 Å². The molecule has 1 N–H and O–H groups in total. The SMILES string of the molecule is O=C(O)CCCC=CC[C@@H]1[C@H](CCCCS(=O)C2CCCCC2)[C@@H]2CC[C@H]1O2. The van der Waals surface area contributed by atoms with Crippen LogP contribution >= 0.6 is 0 Å². The van der Waals surface area contributed by atoms with Crippen LogP contribution in [0.3, 0.4) is 0 Å². The summed E-state index contributed by atoms with van der Waals surface area (Å²) >= 11 is 0. The molecule has 0 aromatic rings. The Morgan fingerprint density at radius 3 is 2.46 bits per heavy atom. The van der Waals surface area contributed by atoms with Gasteiger partial charge in [-0.05, 0) is 69.6 Å². The van der Waals surface area contributed by atoms with Gasteiger partial charge in [-0.25, -0.2) is 0 Å². The Kier molecular flexibility index (Phi) is 9.04. The summed E-state index contributed by atoms with van der Waals surface area (Å²) in [5.41, 5.74) is 0. The zero-order chi connectivity index (χ0) is 19.8. The molecule has 1 aliphatic carbocycles. The van der Waals surface area contributed by atoms with Gasteiger partial charge in [0.05, 0.1) is 12.2 Å². The molecule has 0 aromatic heterocycles. The molecule has 5 atom stereocenters. The van der Waals surface area contributed by atoms with E-state index in [1.54, 1.807) is 0 Å². The minimum Gasteiger partial charge on any atom is -0.481 e. The van der Waals surface area contributed by atoms with E-state index in [1.807, 2.05) is 0 Å². The molecule has 3 fully saturated rings. The van der Waals surface area contributed by atoms with Crippen LogP contribution < -0.4 is 0 Å². The molecule has 2 bridgehead atoms. The number of carbonyl (C=O) groups is 1. The summed E-state index contributed by atoms with van der Waals surface area (Å²) in [6.45, 7) is 0. The van der Waals surface area contributed by atoms with Crippen molar-refractivity contribution in [3.8, 4) is 0 Å². The van der Waals surface area contributed by atoms with Crippen LogP contribution in [0.4, 0.5) is 0 Å². The molecule has 4 nitrogen and oxygen atoms in total. The first-order valence-corrected chi connectivity index (χ1v) is 12.9. The van der Waals surface area contributed by atoms with Gasteiger partial charge in [-0.15, -0.1) is 0 Å². The number of aliphatic carboxylic acids is 1. The van der Waals surface area contributed by atoms with Crippen LogP contribution in [0, 0.1) is 11.8 Å². The Morgan fingerprint density at radius 2 is 1.71 bits per heavy atom. The summed E-state index contributed by atoms with van der Waals surface area (Å²) in [6, 6.07) is 0. The van der Waals surface area contributed by atoms with Gasteiger partial charge in [-0.2, -0.15) is 0 Å². The van der Waals surface area contributed by atoms with Crippen LogP contribution in [-0.4, -0.2) is 38.5 Å². The molecule has 2 aliphatic heterocycles. The van der Waals surface area contributed by atoms with Crippen molar-refractivity contribution in [2.75, 3.05) is 5.75 Å². The molecule has 1 unspecified atom stereocenters. The molecule has 1 saturated carbocycles. The highest BCUT2D eigenvalue weighted by Crippen LogP contribution is 2.47. The fraction of sp³-hybridized carbons (Fsp3) is 0.870. The molecule has 3 rings (SSSR count). The third kappa shape index (κ3) is 6.41. The summed E-state index contributed by atoms with van der Waals surface area (Å²) in [4.78, 5) is 10.6. The van der Waals surface area contributed by atoms with E-state index in [0.29, 0.717) is 29.3 Å². The van der Waals surface area contributed by atoms with Gasteiger partial charge in [0.1, 0.15) is 0 Å². The minimum absolute atomic E-state index is 0.256. The predicted octanol–water partition coefficient (Wildman–Crippen LogP) is 5.23. The Bertz CT molecular complexity index is 541. The average molecular weight is 411 g/mol. The molecule has 5 heteroatoms. The highest BCUT2D eigenvalue weighted by atomic mass is 32.2. The van der Waals surface area contributed by atoms with Crippen molar-refractivity contribution in [3.05, 3.63) is 12.2 Å². The number of unbranched alkanes of at least 4 members (excludes halogenated alkanes) is 2. The van der Waals surface area contributed by atoms with E-state index in [-0.39, 0.29) is 6.42 Å². The standard InChI is InChI=1S/C23H38O4S/c24-23(25)14-7-2-1-6-12-19-20(22-16-15-21(19)27-22)13-8-9-17-28(26)18-10-4-3-5-11-18/h1,6,18-22H,2-5,7-17H2,(H,24,25)/t19-,20+,21-,22+,28?/m1/s1. The number of carboxylic acids is 1. The molecule has 2 saturated heterocycles. The summed E-state index contributed by atoms with van der Waals surface area (Å²) in [7, 11) is -0.616. The van der Waals surface area contributed by atoms with Crippen molar-refractivity contribution in [2.24, 2.45) is 11.8 Å². The summed E-state index contributed by atoms with van der Waals surface area (Å²) in [6.07, 6.45) is 20.3. The minimum atomic E-state index is -0.709. The molecule has 0 radical (unpaired) electrons. The maximum Gasteiger partial charge on any atom is 0.303 e. The van der Waals surface area contributed by atoms with E-state index in [9.17, 15) is 9.00 Å². The third-order valence-electron chi connectivity index (χ3n) is 6.98. The fourth-order valence-electron chi connectivity index (χ4n) is 5.46. The first-order chi connectivity index (χ1) is 13.6. The lowest BCUT2D eigenvalue weighted by Gasteiger charge is -2.27. The van der Waals surface area contributed by atoms with Gasteiger partial charge in [-0.3, -0.25) is 9.00 Å². The maximum atomic E-state index is 12.5. The van der Waals surface area contributed by atoms with Crippen molar-refractivity contribution in [2.45, 2.75) is 107 Å². The number of carboxylic acid groups (broad SMARTS) is 1. The van der Waals surface area contributed by atoms with E-state index in [1.165, 1.54) is 57.8 Å². The first-order valence-electron chi connectivity index (χ1n) is 11.5. The van der Waals surface area contributed by atoms with Gasteiger partial charge in [0.15, 0.2) is 0 Å². The highest BCUT2D eigenvalue weighted by molar-refractivity contribution is 7.85. The molecule has 3 aliphatic rings. The summed E-state index contributed by atoms with van der Waals surface area (Å²) < 4.78 is 18.7. The van der Waals surface area contributed by atoms with Crippen molar-refractivity contribution in [3.63, 3.8) is 0 Å². The van der Waals surface area contributed by atoms with Crippen LogP contribution in [0.15, 0.2) is 12.2 Å². The Morgan fingerprint density at radius 1 is 0.964 bits per heavy atom. The third-order valence-corrected chi connectivity index (χ3v) is 8.89. The van der Waals surface area contributed by atoms with Gasteiger partial charge in [-0.1, -0.05) is 37.8 Å². The molecular formula is C23H38O4S. The topological polar surface area (TPSA) is 63.6 Å². The molecule has 0 spiro atoms. The number of hydrogen-bond donors (Lipinski definition) is 1. The van der Waals surface area contributed by atoms with E-state index >= 15 is 0 Å². The number of fused-ring (bicyclic) bond motifs is 2. The smallest absolute Gasteiger partial charge is 0.303 e. The number of ether oxygens (including phenoxy) is 1. The van der Waals surface area contributed by atoms with Crippen molar-refractivity contribution < 1.29 is 18.8 Å². The lowest BCUT2D eigenvalue weighted by Crippen LogP contribution is -2.27. The van der Waals surface area contributed by atoms with Crippen molar-refractivity contribution in [1.29, 1.82) is 0 Å². The van der Waals surface area contributed by atoms with Gasteiger partial charge < -0.3 is 9.84 Å². The second-order valence-electron chi connectivity index (χ2n) is 8.95.